The largest absolute Gasteiger partial charge is 0.478 e. The molecule has 126 valence electrons. The minimum Gasteiger partial charge on any atom is -0.478 e. The van der Waals surface area contributed by atoms with Crippen molar-refractivity contribution in [1.29, 1.82) is 0 Å². The highest BCUT2D eigenvalue weighted by molar-refractivity contribution is 6.11. The number of aromatic carboxylic acids is 1. The molecule has 0 unspecified atom stereocenters. The van der Waals surface area contributed by atoms with Crippen LogP contribution in [0.2, 0.25) is 0 Å². The van der Waals surface area contributed by atoms with Gasteiger partial charge in [0.25, 0.3) is 5.91 Å². The predicted molar refractivity (Wildman–Crippen MR) is 74.5 cm³/mol. The Hall–Kier alpha value is -2.84. The third kappa shape index (κ3) is 2.51. The molecule has 1 aliphatic rings. The van der Waals surface area contributed by atoms with E-state index in [0.717, 1.165) is 39.8 Å². The van der Waals surface area contributed by atoms with Crippen LogP contribution in [0.15, 0.2) is 30.3 Å². The van der Waals surface area contributed by atoms with Gasteiger partial charge in [0, 0.05) is 24.8 Å². The van der Waals surface area contributed by atoms with Gasteiger partial charge < -0.3 is 14.6 Å². The van der Waals surface area contributed by atoms with Gasteiger partial charge in [0.15, 0.2) is 5.95 Å². The smallest absolute Gasteiger partial charge is 0.416 e. The van der Waals surface area contributed by atoms with Crippen molar-refractivity contribution in [3.63, 3.8) is 0 Å². The predicted octanol–water partition coefficient (Wildman–Crippen LogP) is 3.00. The summed E-state index contributed by atoms with van der Waals surface area (Å²) in [5.41, 5.74) is -1.49. The van der Waals surface area contributed by atoms with Gasteiger partial charge in [0.1, 0.15) is 5.69 Å². The summed E-state index contributed by atoms with van der Waals surface area (Å²) >= 11 is 0. The van der Waals surface area contributed by atoms with Crippen LogP contribution in [0.25, 0.3) is 0 Å². The number of benzene rings is 1. The van der Waals surface area contributed by atoms with Crippen molar-refractivity contribution in [1.82, 2.24) is 4.57 Å². The number of nitrogens with zero attached hydrogens (tertiary/aromatic N) is 2. The number of alkyl halides is 3. The topological polar surface area (TPSA) is 62.5 Å². The van der Waals surface area contributed by atoms with Gasteiger partial charge in [-0.2, -0.15) is 17.6 Å². The molecule has 0 saturated heterocycles. The molecule has 1 aliphatic heterocycles. The molecule has 0 fully saturated rings. The summed E-state index contributed by atoms with van der Waals surface area (Å²) in [6.45, 7) is 0.0169. The highest BCUT2D eigenvalue weighted by Gasteiger charge is 2.34. The Bertz CT molecular complexity index is 824. The molecular weight excluding hydrogens is 332 g/mol. The van der Waals surface area contributed by atoms with Crippen molar-refractivity contribution in [2.24, 2.45) is 0 Å². The zero-order valence-electron chi connectivity index (χ0n) is 12.0. The third-order valence-corrected chi connectivity index (χ3v) is 3.78. The van der Waals surface area contributed by atoms with Crippen LogP contribution in [0.3, 0.4) is 0 Å². The molecule has 0 saturated carbocycles. The maximum atomic E-state index is 13.7. The normalized spacial score (nSPS) is 14.7. The second-order valence-electron chi connectivity index (χ2n) is 5.19. The number of hydrogen-bond acceptors (Lipinski definition) is 2. The van der Waals surface area contributed by atoms with E-state index in [2.05, 4.69) is 0 Å². The van der Waals surface area contributed by atoms with Crippen LogP contribution in [-0.4, -0.2) is 28.1 Å². The highest BCUT2D eigenvalue weighted by atomic mass is 19.4. The minimum absolute atomic E-state index is 0.00120. The highest BCUT2D eigenvalue weighted by Crippen LogP contribution is 2.32. The van der Waals surface area contributed by atoms with Crippen LogP contribution in [0.1, 0.15) is 26.4 Å². The van der Waals surface area contributed by atoms with E-state index in [1.807, 2.05) is 0 Å². The van der Waals surface area contributed by atoms with Crippen LogP contribution in [-0.2, 0) is 12.7 Å². The molecule has 0 atom stereocenters. The van der Waals surface area contributed by atoms with E-state index in [9.17, 15) is 27.2 Å². The Labute approximate surface area is 132 Å². The number of anilines is 1. The van der Waals surface area contributed by atoms with Crippen molar-refractivity contribution in [3.05, 3.63) is 53.1 Å². The molecule has 0 aliphatic carbocycles. The van der Waals surface area contributed by atoms with Gasteiger partial charge in [-0.05, 0) is 24.3 Å². The number of hydrogen-bond donors (Lipinski definition) is 1. The number of rotatable bonds is 2. The van der Waals surface area contributed by atoms with Gasteiger partial charge >= 0.3 is 12.1 Å². The van der Waals surface area contributed by atoms with E-state index in [-0.39, 0.29) is 24.5 Å². The molecule has 9 heteroatoms. The zero-order valence-corrected chi connectivity index (χ0v) is 12.0. The van der Waals surface area contributed by atoms with Crippen LogP contribution in [0, 0.1) is 5.95 Å². The van der Waals surface area contributed by atoms with Gasteiger partial charge in [-0.1, -0.05) is 0 Å². The molecular formula is C15H10F4N2O3. The first-order valence-corrected chi connectivity index (χ1v) is 6.81. The second-order valence-corrected chi connectivity index (χ2v) is 5.19. The maximum Gasteiger partial charge on any atom is 0.416 e. The monoisotopic (exact) mass is 342 g/mol. The van der Waals surface area contributed by atoms with E-state index in [4.69, 9.17) is 5.11 Å². The minimum atomic E-state index is -4.50. The molecule has 3 rings (SSSR count). The Balaban J connectivity index is 1.98. The van der Waals surface area contributed by atoms with E-state index in [1.165, 1.54) is 0 Å². The first kappa shape index (κ1) is 16.0. The van der Waals surface area contributed by atoms with Gasteiger partial charge in [-0.25, -0.2) is 4.79 Å². The van der Waals surface area contributed by atoms with Crippen molar-refractivity contribution < 1.29 is 32.3 Å². The molecule has 1 N–H and O–H groups in total. The van der Waals surface area contributed by atoms with E-state index in [1.54, 1.807) is 0 Å². The van der Waals surface area contributed by atoms with Crippen LogP contribution in [0.4, 0.5) is 23.2 Å². The van der Waals surface area contributed by atoms with Crippen molar-refractivity contribution in [2.75, 3.05) is 11.4 Å². The number of aromatic nitrogens is 1. The first-order chi connectivity index (χ1) is 11.2. The summed E-state index contributed by atoms with van der Waals surface area (Å²) in [5, 5.41) is 9.08. The lowest BCUT2D eigenvalue weighted by molar-refractivity contribution is -0.137. The lowest BCUT2D eigenvalue weighted by atomic mass is 10.1. The quantitative estimate of drug-likeness (QED) is 0.854. The number of carboxylic acid groups (broad SMARTS) is 1. The fourth-order valence-electron chi connectivity index (χ4n) is 2.64. The fraction of sp³-hybridized carbons (Fsp3) is 0.200. The molecule has 0 spiro atoms. The summed E-state index contributed by atoms with van der Waals surface area (Å²) in [5.74, 6) is -3.07. The number of carbonyl (C=O) groups is 2. The molecule has 1 aromatic heterocycles. The Kier molecular flexibility index (Phi) is 3.58. The average Bonchev–Trinajstić information content (AvgIpc) is 2.85. The molecule has 5 nitrogen and oxygen atoms in total. The zero-order chi connectivity index (χ0) is 17.6. The average molecular weight is 342 g/mol. The number of halogens is 4. The molecule has 1 aromatic carbocycles. The summed E-state index contributed by atoms with van der Waals surface area (Å²) in [4.78, 5) is 24.8. The van der Waals surface area contributed by atoms with Crippen LogP contribution < -0.4 is 4.90 Å². The van der Waals surface area contributed by atoms with Crippen LogP contribution in [0.5, 0.6) is 0 Å². The SMILES string of the molecule is O=C(O)c1cc(F)n2c1C(=O)N(c1ccc(C(F)(F)F)cc1)CC2. The van der Waals surface area contributed by atoms with Crippen molar-refractivity contribution >= 4 is 17.6 Å². The van der Waals surface area contributed by atoms with E-state index >= 15 is 0 Å². The summed E-state index contributed by atoms with van der Waals surface area (Å²) < 4.78 is 52.5. The molecule has 2 aromatic rings. The first-order valence-electron chi connectivity index (χ1n) is 6.81. The molecule has 24 heavy (non-hydrogen) atoms. The lowest BCUT2D eigenvalue weighted by Crippen LogP contribution is -2.41. The summed E-state index contributed by atoms with van der Waals surface area (Å²) in [6.07, 6.45) is -4.50. The molecule has 0 bridgehead atoms. The number of carboxylic acids is 1. The Morgan fingerprint density at radius 1 is 1.12 bits per heavy atom. The number of carbonyl (C=O) groups excluding carboxylic acids is 1. The summed E-state index contributed by atoms with van der Waals surface area (Å²) in [7, 11) is 0. The van der Waals surface area contributed by atoms with Crippen molar-refractivity contribution in [2.45, 2.75) is 12.7 Å². The molecule has 2 heterocycles. The standard InChI is InChI=1S/C15H10F4N2O3/c16-11-7-10(14(23)24)12-13(22)20(5-6-21(11)12)9-3-1-8(2-4-9)15(17,18)19/h1-4,7H,5-6H2,(H,23,24). The van der Waals surface area contributed by atoms with Gasteiger partial charge in [-0.3, -0.25) is 4.79 Å². The fourth-order valence-corrected chi connectivity index (χ4v) is 2.64. The Morgan fingerprint density at radius 2 is 1.75 bits per heavy atom. The Morgan fingerprint density at radius 3 is 2.29 bits per heavy atom. The lowest BCUT2D eigenvalue weighted by Gasteiger charge is -2.29. The number of fused-ring (bicyclic) bond motifs is 1. The van der Waals surface area contributed by atoms with E-state index < -0.39 is 35.1 Å². The third-order valence-electron chi connectivity index (χ3n) is 3.78. The molecule has 1 amide bonds. The molecule has 0 radical (unpaired) electrons. The number of amides is 1. The summed E-state index contributed by atoms with van der Waals surface area (Å²) in [6, 6.07) is 4.65. The van der Waals surface area contributed by atoms with Gasteiger partial charge in [0.05, 0.1) is 11.1 Å². The van der Waals surface area contributed by atoms with Crippen molar-refractivity contribution in [3.8, 4) is 0 Å². The maximum absolute atomic E-state index is 13.7. The van der Waals surface area contributed by atoms with Gasteiger partial charge in [0.2, 0.25) is 0 Å². The second kappa shape index (κ2) is 5.36. The van der Waals surface area contributed by atoms with Crippen LogP contribution >= 0.6 is 0 Å². The van der Waals surface area contributed by atoms with Gasteiger partial charge in [-0.15, -0.1) is 0 Å². The van der Waals surface area contributed by atoms with E-state index in [0.29, 0.717) is 0 Å².